The van der Waals surface area contributed by atoms with Crippen LogP contribution in [0.15, 0.2) is 24.3 Å². The Labute approximate surface area is 105 Å². The minimum Gasteiger partial charge on any atom is -0.355 e. The van der Waals surface area contributed by atoms with Crippen LogP contribution in [-0.4, -0.2) is 24.7 Å². The molecule has 0 bridgehead atoms. The Hall–Kier alpha value is -1.55. The van der Waals surface area contributed by atoms with Gasteiger partial charge in [0.15, 0.2) is 0 Å². The van der Waals surface area contributed by atoms with Crippen molar-refractivity contribution in [1.29, 1.82) is 0 Å². The molecule has 17 heavy (non-hydrogen) atoms. The van der Waals surface area contributed by atoms with E-state index in [1.54, 1.807) is 19.2 Å². The van der Waals surface area contributed by atoms with Crippen molar-refractivity contribution in [1.82, 2.24) is 10.6 Å². The fourth-order valence-corrected chi connectivity index (χ4v) is 1.46. The highest BCUT2D eigenvalue weighted by atomic mass is 35.5. The first-order valence-corrected chi connectivity index (χ1v) is 5.84. The third-order valence-corrected chi connectivity index (χ3v) is 2.44. The number of benzene rings is 1. The Kier molecular flexibility index (Phi) is 5.49. The van der Waals surface area contributed by atoms with Crippen molar-refractivity contribution in [3.05, 3.63) is 35.4 Å². The summed E-state index contributed by atoms with van der Waals surface area (Å²) in [6.07, 6.45) is 0.317. The molecule has 4 nitrogen and oxygen atoms in total. The summed E-state index contributed by atoms with van der Waals surface area (Å²) in [6.45, 7) is 0.448. The van der Waals surface area contributed by atoms with E-state index in [1.165, 1.54) is 0 Å². The highest BCUT2D eigenvalue weighted by Crippen LogP contribution is 2.04. The lowest BCUT2D eigenvalue weighted by Gasteiger charge is -2.05. The molecule has 0 saturated carbocycles. The Bertz CT molecular complexity index is 390. The first kappa shape index (κ1) is 13.5. The molecule has 2 N–H and O–H groups in total. The predicted octanol–water partition coefficient (Wildman–Crippen LogP) is 1.29. The molecular formula is C12H15ClN2O2. The second-order valence-electron chi connectivity index (χ2n) is 3.49. The molecule has 1 aromatic carbocycles. The Balaban J connectivity index is 2.51. The lowest BCUT2D eigenvalue weighted by atomic mass is 10.1. The summed E-state index contributed by atoms with van der Waals surface area (Å²) in [7, 11) is 1.59. The van der Waals surface area contributed by atoms with E-state index in [0.29, 0.717) is 24.4 Å². The Morgan fingerprint density at radius 3 is 2.41 bits per heavy atom. The molecule has 1 aromatic rings. The number of amides is 2. The molecule has 2 amide bonds. The predicted molar refractivity (Wildman–Crippen MR) is 67.0 cm³/mol. The first-order chi connectivity index (χ1) is 8.17. The fraction of sp³-hybridized carbons (Fsp3) is 0.333. The molecule has 92 valence electrons. The summed E-state index contributed by atoms with van der Waals surface area (Å²) >= 11 is 5.44. The Morgan fingerprint density at radius 1 is 1.24 bits per heavy atom. The quantitative estimate of drug-likeness (QED) is 0.778. The lowest BCUT2D eigenvalue weighted by Crippen LogP contribution is -2.23. The van der Waals surface area contributed by atoms with Gasteiger partial charge in [-0.1, -0.05) is 12.1 Å². The standard InChI is InChI=1S/C12H15ClN2O2/c1-14-12(17)10-4-2-9(3-5-10)8-15-11(16)6-7-13/h2-5H,6-8H2,1H3,(H,14,17)(H,15,16). The summed E-state index contributed by atoms with van der Waals surface area (Å²) in [4.78, 5) is 22.5. The van der Waals surface area contributed by atoms with Crippen molar-refractivity contribution in [2.75, 3.05) is 12.9 Å². The summed E-state index contributed by atoms with van der Waals surface area (Å²) in [5.41, 5.74) is 1.55. The minimum absolute atomic E-state index is 0.0737. The van der Waals surface area contributed by atoms with Crippen molar-refractivity contribution in [3.63, 3.8) is 0 Å². The third kappa shape index (κ3) is 4.44. The van der Waals surface area contributed by atoms with E-state index in [1.807, 2.05) is 12.1 Å². The largest absolute Gasteiger partial charge is 0.355 e. The molecule has 0 aromatic heterocycles. The normalized spacial score (nSPS) is 9.76. The summed E-state index contributed by atoms with van der Waals surface area (Å²) in [5.74, 6) is 0.125. The second kappa shape index (κ2) is 6.91. The van der Waals surface area contributed by atoms with E-state index in [-0.39, 0.29) is 11.8 Å². The van der Waals surface area contributed by atoms with Gasteiger partial charge in [0.1, 0.15) is 0 Å². The van der Waals surface area contributed by atoms with E-state index in [0.717, 1.165) is 5.56 Å². The monoisotopic (exact) mass is 254 g/mol. The van der Waals surface area contributed by atoms with Crippen LogP contribution in [0.25, 0.3) is 0 Å². The molecule has 0 saturated heterocycles. The molecule has 5 heteroatoms. The molecule has 0 fully saturated rings. The molecule has 0 unspecified atom stereocenters. The molecule has 0 radical (unpaired) electrons. The van der Waals surface area contributed by atoms with Gasteiger partial charge in [0.25, 0.3) is 5.91 Å². The van der Waals surface area contributed by atoms with Crippen LogP contribution in [0.2, 0.25) is 0 Å². The fourth-order valence-electron chi connectivity index (χ4n) is 1.29. The van der Waals surface area contributed by atoms with Gasteiger partial charge in [-0.05, 0) is 17.7 Å². The summed E-state index contributed by atoms with van der Waals surface area (Å²) in [5, 5.41) is 5.28. The first-order valence-electron chi connectivity index (χ1n) is 5.31. The van der Waals surface area contributed by atoms with Crippen LogP contribution < -0.4 is 10.6 Å². The SMILES string of the molecule is CNC(=O)c1ccc(CNC(=O)CCCl)cc1. The van der Waals surface area contributed by atoms with Gasteiger partial charge in [0.2, 0.25) is 5.91 Å². The van der Waals surface area contributed by atoms with Crippen LogP contribution in [-0.2, 0) is 11.3 Å². The molecule has 0 heterocycles. The second-order valence-corrected chi connectivity index (χ2v) is 3.87. The van der Waals surface area contributed by atoms with Gasteiger partial charge in [-0.3, -0.25) is 9.59 Å². The summed E-state index contributed by atoms with van der Waals surface area (Å²) < 4.78 is 0. The number of nitrogens with one attached hydrogen (secondary N) is 2. The molecule has 0 aliphatic rings. The van der Waals surface area contributed by atoms with E-state index in [4.69, 9.17) is 11.6 Å². The van der Waals surface area contributed by atoms with Crippen LogP contribution in [0.5, 0.6) is 0 Å². The van der Waals surface area contributed by atoms with Crippen LogP contribution >= 0.6 is 11.6 Å². The number of halogens is 1. The lowest BCUT2D eigenvalue weighted by molar-refractivity contribution is -0.120. The van der Waals surface area contributed by atoms with Crippen molar-refractivity contribution in [2.24, 2.45) is 0 Å². The Morgan fingerprint density at radius 2 is 1.88 bits per heavy atom. The number of hydrogen-bond donors (Lipinski definition) is 2. The zero-order chi connectivity index (χ0) is 12.7. The maximum atomic E-state index is 11.3. The zero-order valence-corrected chi connectivity index (χ0v) is 10.4. The van der Waals surface area contributed by atoms with Crippen LogP contribution in [0, 0.1) is 0 Å². The van der Waals surface area contributed by atoms with Gasteiger partial charge in [0, 0.05) is 31.5 Å². The van der Waals surface area contributed by atoms with Crippen molar-refractivity contribution >= 4 is 23.4 Å². The van der Waals surface area contributed by atoms with Crippen molar-refractivity contribution < 1.29 is 9.59 Å². The van der Waals surface area contributed by atoms with Crippen LogP contribution in [0.4, 0.5) is 0 Å². The number of rotatable bonds is 5. The van der Waals surface area contributed by atoms with Gasteiger partial charge in [-0.25, -0.2) is 0 Å². The van der Waals surface area contributed by atoms with E-state index >= 15 is 0 Å². The third-order valence-electron chi connectivity index (χ3n) is 2.25. The average Bonchev–Trinajstić information content (AvgIpc) is 2.36. The molecule has 0 atom stereocenters. The van der Waals surface area contributed by atoms with Crippen LogP contribution in [0.3, 0.4) is 0 Å². The number of alkyl halides is 1. The maximum Gasteiger partial charge on any atom is 0.251 e. The van der Waals surface area contributed by atoms with Gasteiger partial charge < -0.3 is 10.6 Å². The number of carbonyl (C=O) groups is 2. The smallest absolute Gasteiger partial charge is 0.251 e. The zero-order valence-electron chi connectivity index (χ0n) is 9.63. The van der Waals surface area contributed by atoms with Gasteiger partial charge >= 0.3 is 0 Å². The van der Waals surface area contributed by atoms with Gasteiger partial charge in [0.05, 0.1) is 0 Å². The number of carbonyl (C=O) groups excluding carboxylic acids is 2. The molecule has 1 rings (SSSR count). The highest BCUT2D eigenvalue weighted by Gasteiger charge is 2.03. The van der Waals surface area contributed by atoms with Gasteiger partial charge in [-0.2, -0.15) is 0 Å². The van der Waals surface area contributed by atoms with Crippen LogP contribution in [0.1, 0.15) is 22.3 Å². The minimum atomic E-state index is -0.122. The number of hydrogen-bond acceptors (Lipinski definition) is 2. The van der Waals surface area contributed by atoms with E-state index < -0.39 is 0 Å². The van der Waals surface area contributed by atoms with Crippen molar-refractivity contribution in [2.45, 2.75) is 13.0 Å². The molecular weight excluding hydrogens is 240 g/mol. The highest BCUT2D eigenvalue weighted by molar-refractivity contribution is 6.18. The van der Waals surface area contributed by atoms with E-state index in [2.05, 4.69) is 10.6 Å². The van der Waals surface area contributed by atoms with E-state index in [9.17, 15) is 9.59 Å². The molecule has 0 spiro atoms. The molecule has 0 aliphatic heterocycles. The molecule has 0 aliphatic carbocycles. The summed E-state index contributed by atoms with van der Waals surface area (Å²) in [6, 6.07) is 7.07. The van der Waals surface area contributed by atoms with Gasteiger partial charge in [-0.15, -0.1) is 11.6 Å². The maximum absolute atomic E-state index is 11.3. The van der Waals surface area contributed by atoms with Crippen molar-refractivity contribution in [3.8, 4) is 0 Å². The average molecular weight is 255 g/mol. The topological polar surface area (TPSA) is 58.2 Å².